The van der Waals surface area contributed by atoms with Gasteiger partial charge in [0.05, 0.1) is 13.1 Å². The molecule has 0 radical (unpaired) electrons. The van der Waals surface area contributed by atoms with Gasteiger partial charge in [0.1, 0.15) is 12.7 Å². The molecule has 0 spiro atoms. The lowest BCUT2D eigenvalue weighted by atomic mass is 10.2. The van der Waals surface area contributed by atoms with E-state index < -0.39 is 0 Å². The Balaban J connectivity index is 1.40. The Morgan fingerprint density at radius 1 is 1.30 bits per heavy atom. The molecule has 2 fully saturated rings. The molecule has 1 saturated heterocycles. The summed E-state index contributed by atoms with van der Waals surface area (Å²) in [4.78, 5) is 10.9. The molecule has 4 rings (SSSR count). The van der Waals surface area contributed by atoms with Gasteiger partial charge >= 0.3 is 0 Å². The predicted octanol–water partition coefficient (Wildman–Crippen LogP) is 1.20. The maximum absolute atomic E-state index is 5.32. The lowest BCUT2D eigenvalue weighted by molar-refractivity contribution is 0.211. The van der Waals surface area contributed by atoms with Crippen molar-refractivity contribution in [2.45, 2.75) is 50.7 Å². The van der Waals surface area contributed by atoms with Crippen molar-refractivity contribution in [2.24, 2.45) is 0 Å². The van der Waals surface area contributed by atoms with Crippen LogP contribution in [-0.4, -0.2) is 42.4 Å². The van der Waals surface area contributed by atoms with Crippen molar-refractivity contribution in [1.82, 2.24) is 29.8 Å². The summed E-state index contributed by atoms with van der Waals surface area (Å²) >= 11 is 0. The lowest BCUT2D eigenvalue weighted by Gasteiger charge is -2.22. The molecule has 1 atom stereocenters. The van der Waals surface area contributed by atoms with Crippen molar-refractivity contribution in [2.75, 3.05) is 6.54 Å². The number of hydrogen-bond donors (Lipinski definition) is 0. The average molecular weight is 274 g/mol. The fourth-order valence-corrected chi connectivity index (χ4v) is 2.86. The fraction of sp³-hybridized carbons (Fsp3) is 0.692. The summed E-state index contributed by atoms with van der Waals surface area (Å²) in [5, 5.41) is 8.30. The van der Waals surface area contributed by atoms with Crippen LogP contribution in [0.2, 0.25) is 0 Å². The molecule has 3 heterocycles. The van der Waals surface area contributed by atoms with Gasteiger partial charge in [-0.3, -0.25) is 9.58 Å². The normalized spacial score (nSPS) is 23.5. The Morgan fingerprint density at radius 2 is 2.25 bits per heavy atom. The molecule has 0 bridgehead atoms. The highest BCUT2D eigenvalue weighted by molar-refractivity contribution is 5.02. The van der Waals surface area contributed by atoms with Crippen molar-refractivity contribution >= 4 is 0 Å². The van der Waals surface area contributed by atoms with Gasteiger partial charge in [0.2, 0.25) is 5.89 Å². The Morgan fingerprint density at radius 3 is 3.05 bits per heavy atom. The number of nitrogens with zero attached hydrogens (tertiary/aromatic N) is 6. The van der Waals surface area contributed by atoms with Crippen LogP contribution in [-0.2, 0) is 13.1 Å². The highest BCUT2D eigenvalue weighted by atomic mass is 16.5. The molecule has 7 nitrogen and oxygen atoms in total. The first kappa shape index (κ1) is 12.0. The van der Waals surface area contributed by atoms with Crippen molar-refractivity contribution in [3.63, 3.8) is 0 Å². The van der Waals surface area contributed by atoms with Crippen molar-refractivity contribution in [1.29, 1.82) is 0 Å². The monoisotopic (exact) mass is 274 g/mol. The number of likely N-dealkylation sites (tertiary alicyclic amines) is 1. The molecule has 0 aromatic carbocycles. The average Bonchev–Trinajstić information content (AvgIpc) is 2.88. The van der Waals surface area contributed by atoms with Crippen LogP contribution in [0.25, 0.3) is 0 Å². The first-order valence-electron chi connectivity index (χ1n) is 7.27. The van der Waals surface area contributed by atoms with E-state index in [-0.39, 0.29) is 0 Å². The van der Waals surface area contributed by atoms with Gasteiger partial charge in [-0.15, -0.1) is 0 Å². The molecule has 1 aliphatic heterocycles. The molecule has 0 N–H and O–H groups in total. The molecule has 7 heteroatoms. The largest absolute Gasteiger partial charge is 0.339 e. The molecule has 106 valence electrons. The maximum atomic E-state index is 5.32. The molecule has 2 aliphatic rings. The molecule has 1 aliphatic carbocycles. The van der Waals surface area contributed by atoms with E-state index in [2.05, 4.69) is 25.1 Å². The van der Waals surface area contributed by atoms with Crippen LogP contribution in [0, 0.1) is 0 Å². The highest BCUT2D eigenvalue weighted by Crippen LogP contribution is 2.38. The number of hydrogen-bond acceptors (Lipinski definition) is 6. The molecular formula is C13H18N6O. The third kappa shape index (κ3) is 2.45. The van der Waals surface area contributed by atoms with E-state index >= 15 is 0 Å². The van der Waals surface area contributed by atoms with Gasteiger partial charge in [0.15, 0.2) is 5.82 Å². The van der Waals surface area contributed by atoms with Crippen molar-refractivity contribution < 1.29 is 4.52 Å². The van der Waals surface area contributed by atoms with E-state index in [1.807, 2.05) is 4.68 Å². The van der Waals surface area contributed by atoms with E-state index in [1.165, 1.54) is 25.7 Å². The predicted molar refractivity (Wildman–Crippen MR) is 69.7 cm³/mol. The van der Waals surface area contributed by atoms with Gasteiger partial charge in [0, 0.05) is 12.0 Å². The summed E-state index contributed by atoms with van der Waals surface area (Å²) in [6.45, 7) is 2.75. The molecule has 1 saturated carbocycles. The second kappa shape index (κ2) is 4.97. The van der Waals surface area contributed by atoms with E-state index in [4.69, 9.17) is 4.52 Å². The molecule has 0 amide bonds. The summed E-state index contributed by atoms with van der Waals surface area (Å²) < 4.78 is 7.22. The van der Waals surface area contributed by atoms with Crippen LogP contribution in [0.4, 0.5) is 0 Å². The van der Waals surface area contributed by atoms with Gasteiger partial charge in [-0.2, -0.15) is 10.1 Å². The third-order valence-electron chi connectivity index (χ3n) is 4.12. The summed E-state index contributed by atoms with van der Waals surface area (Å²) in [7, 11) is 0. The van der Waals surface area contributed by atoms with Crippen molar-refractivity contribution in [3.8, 4) is 0 Å². The minimum atomic E-state index is 0.486. The zero-order valence-corrected chi connectivity index (χ0v) is 11.4. The second-order valence-electron chi connectivity index (χ2n) is 5.71. The molecule has 2 aromatic heterocycles. The van der Waals surface area contributed by atoms with Gasteiger partial charge in [-0.25, -0.2) is 4.98 Å². The van der Waals surface area contributed by atoms with Crippen molar-refractivity contribution in [3.05, 3.63) is 24.4 Å². The van der Waals surface area contributed by atoms with Crippen LogP contribution in [0.3, 0.4) is 0 Å². The summed E-state index contributed by atoms with van der Waals surface area (Å²) in [6.07, 6.45) is 8.15. The van der Waals surface area contributed by atoms with Crippen LogP contribution >= 0.6 is 0 Å². The second-order valence-corrected chi connectivity index (χ2v) is 5.71. The molecule has 2 aromatic rings. The quantitative estimate of drug-likeness (QED) is 0.815. The molecule has 20 heavy (non-hydrogen) atoms. The fourth-order valence-electron chi connectivity index (χ4n) is 2.86. The number of rotatable bonds is 5. The molecule has 1 unspecified atom stereocenters. The Labute approximate surface area is 117 Å². The van der Waals surface area contributed by atoms with Crippen LogP contribution in [0.5, 0.6) is 0 Å². The molecular weight excluding hydrogens is 256 g/mol. The first-order chi connectivity index (χ1) is 9.88. The van der Waals surface area contributed by atoms with Gasteiger partial charge in [-0.1, -0.05) is 5.16 Å². The summed E-state index contributed by atoms with van der Waals surface area (Å²) in [5.41, 5.74) is 0. The smallest absolute Gasteiger partial charge is 0.229 e. The Bertz CT molecular complexity index is 561. The van der Waals surface area contributed by atoms with E-state index in [0.717, 1.165) is 31.3 Å². The topological polar surface area (TPSA) is 72.9 Å². The van der Waals surface area contributed by atoms with E-state index in [1.54, 1.807) is 12.7 Å². The van der Waals surface area contributed by atoms with E-state index in [9.17, 15) is 0 Å². The zero-order valence-electron chi connectivity index (χ0n) is 11.4. The minimum Gasteiger partial charge on any atom is -0.339 e. The zero-order chi connectivity index (χ0) is 13.4. The first-order valence-corrected chi connectivity index (χ1v) is 7.27. The maximum Gasteiger partial charge on any atom is 0.229 e. The summed E-state index contributed by atoms with van der Waals surface area (Å²) in [5.74, 6) is 2.17. The Kier molecular flexibility index (Phi) is 2.99. The summed E-state index contributed by atoms with van der Waals surface area (Å²) in [6, 6.07) is 0.486. The van der Waals surface area contributed by atoms with Crippen LogP contribution in [0.1, 0.15) is 43.3 Å². The number of aromatic nitrogens is 5. The van der Waals surface area contributed by atoms with Gasteiger partial charge in [-0.05, 0) is 32.2 Å². The standard InChI is InChI=1S/C13H18N6O/c1-2-11(6-19-9-14-8-15-19)18(5-1)7-12-16-13(20-17-12)10-3-4-10/h8-11H,1-7H2. The van der Waals surface area contributed by atoms with Gasteiger partial charge < -0.3 is 4.52 Å². The highest BCUT2D eigenvalue weighted by Gasteiger charge is 2.31. The minimum absolute atomic E-state index is 0.486. The lowest BCUT2D eigenvalue weighted by Crippen LogP contribution is -2.33. The van der Waals surface area contributed by atoms with E-state index in [0.29, 0.717) is 12.0 Å². The van der Waals surface area contributed by atoms with Crippen LogP contribution < -0.4 is 0 Å². The SMILES string of the molecule is c1ncn(CC2CCCN2Cc2noc(C3CC3)n2)n1. The van der Waals surface area contributed by atoms with Gasteiger partial charge in [0.25, 0.3) is 0 Å². The Hall–Kier alpha value is -1.76. The van der Waals surface area contributed by atoms with Crippen LogP contribution in [0.15, 0.2) is 17.2 Å². The third-order valence-corrected chi connectivity index (χ3v) is 4.12.